The Kier molecular flexibility index (Phi) is 6.25. The van der Waals surface area contributed by atoms with Crippen molar-refractivity contribution in [3.8, 4) is 0 Å². The van der Waals surface area contributed by atoms with Crippen LogP contribution in [0.25, 0.3) is 0 Å². The first-order valence-corrected chi connectivity index (χ1v) is 9.88. The number of tetrazole rings is 1. The third-order valence-electron chi connectivity index (χ3n) is 4.96. The molecule has 0 radical (unpaired) electrons. The van der Waals surface area contributed by atoms with Crippen LogP contribution in [0.5, 0.6) is 0 Å². The van der Waals surface area contributed by atoms with E-state index >= 15 is 0 Å². The van der Waals surface area contributed by atoms with Gasteiger partial charge in [-0.3, -0.25) is 14.9 Å². The van der Waals surface area contributed by atoms with Gasteiger partial charge < -0.3 is 9.88 Å². The second-order valence-electron chi connectivity index (χ2n) is 7.16. The van der Waals surface area contributed by atoms with Crippen molar-refractivity contribution in [1.29, 1.82) is 0 Å². The third kappa shape index (κ3) is 5.01. The monoisotopic (exact) mass is 432 g/mol. The second-order valence-corrected chi connectivity index (χ2v) is 7.16. The minimum Gasteiger partial charge on any atom is -0.345 e. The van der Waals surface area contributed by atoms with Crippen molar-refractivity contribution in [1.82, 2.24) is 35.5 Å². The maximum absolute atomic E-state index is 12.8. The summed E-state index contributed by atoms with van der Waals surface area (Å²) in [6, 6.07) is 15.7. The van der Waals surface area contributed by atoms with Crippen LogP contribution in [0.1, 0.15) is 28.7 Å². The average Bonchev–Trinajstić information content (AvgIpc) is 3.47. The van der Waals surface area contributed by atoms with E-state index in [-0.39, 0.29) is 24.6 Å². The highest BCUT2D eigenvalue weighted by molar-refractivity contribution is 5.78. The summed E-state index contributed by atoms with van der Waals surface area (Å²) in [5, 5.41) is 28.3. The lowest BCUT2D eigenvalue weighted by atomic mass is 10.1. The number of para-hydroxylation sites is 1. The zero-order chi connectivity index (χ0) is 22.3. The molecule has 1 atom stereocenters. The van der Waals surface area contributed by atoms with Crippen molar-refractivity contribution in [2.75, 3.05) is 0 Å². The molecule has 0 aliphatic carbocycles. The number of nitro groups is 1. The fraction of sp³-hybridized carbons (Fsp3) is 0.190. The Balaban J connectivity index is 1.47. The number of nitrogens with zero attached hydrogens (tertiary/aromatic N) is 6. The van der Waals surface area contributed by atoms with Crippen LogP contribution < -0.4 is 5.32 Å². The summed E-state index contributed by atoms with van der Waals surface area (Å²) >= 11 is 0. The van der Waals surface area contributed by atoms with E-state index in [9.17, 15) is 14.9 Å². The Morgan fingerprint density at radius 2 is 1.94 bits per heavy atom. The van der Waals surface area contributed by atoms with E-state index in [1.165, 1.54) is 6.07 Å². The average molecular weight is 432 g/mol. The lowest BCUT2D eigenvalue weighted by Gasteiger charge is -2.16. The van der Waals surface area contributed by atoms with Gasteiger partial charge in [-0.2, -0.15) is 5.21 Å². The molecule has 1 unspecified atom stereocenters. The van der Waals surface area contributed by atoms with E-state index < -0.39 is 11.0 Å². The van der Waals surface area contributed by atoms with Gasteiger partial charge in [0.05, 0.1) is 30.3 Å². The molecule has 0 aliphatic rings. The Hall–Kier alpha value is -4.41. The van der Waals surface area contributed by atoms with Crippen LogP contribution in [0.2, 0.25) is 0 Å². The second kappa shape index (κ2) is 9.60. The third-order valence-corrected chi connectivity index (χ3v) is 4.96. The standard InChI is InChI=1S/C21H20N8O3/c30-20(23-18(21-24-26-27-25-21)10-15-6-2-1-3-7-15)11-17-12-22-14-28(17)13-16-8-4-5-9-19(16)29(31)32/h1-9,12,14,18H,10-11,13H2,(H,23,30)(H,24,25,26,27). The SMILES string of the molecule is O=C(Cc1cncn1Cc1ccccc1[N+](=O)[O-])NC(Cc1ccccc1)c1nn[nH]n1. The van der Waals surface area contributed by atoms with Gasteiger partial charge in [0, 0.05) is 29.9 Å². The highest BCUT2D eigenvalue weighted by atomic mass is 16.6. The van der Waals surface area contributed by atoms with Crippen molar-refractivity contribution >= 4 is 11.6 Å². The first-order valence-electron chi connectivity index (χ1n) is 9.88. The number of aromatic amines is 1. The summed E-state index contributed by atoms with van der Waals surface area (Å²) in [6.07, 6.45) is 3.68. The fourth-order valence-corrected chi connectivity index (χ4v) is 3.43. The van der Waals surface area contributed by atoms with Crippen molar-refractivity contribution < 1.29 is 9.72 Å². The number of hydrogen-bond donors (Lipinski definition) is 2. The molecular formula is C21H20N8O3. The molecule has 0 spiro atoms. The topological polar surface area (TPSA) is 145 Å². The Labute approximate surface area is 182 Å². The van der Waals surface area contributed by atoms with Gasteiger partial charge in [0.25, 0.3) is 5.69 Å². The number of H-pyrrole nitrogens is 1. The molecule has 162 valence electrons. The van der Waals surface area contributed by atoms with E-state index in [2.05, 4.69) is 30.9 Å². The number of nitrogens with one attached hydrogen (secondary N) is 2. The summed E-state index contributed by atoms with van der Waals surface area (Å²) in [4.78, 5) is 27.8. The quantitative estimate of drug-likeness (QED) is 0.304. The van der Waals surface area contributed by atoms with Crippen molar-refractivity contribution in [2.24, 2.45) is 0 Å². The van der Waals surface area contributed by atoms with Gasteiger partial charge in [-0.1, -0.05) is 53.7 Å². The number of imidazole rings is 1. The number of carbonyl (C=O) groups excluding carboxylic acids is 1. The highest BCUT2D eigenvalue weighted by Crippen LogP contribution is 2.20. The Morgan fingerprint density at radius 1 is 1.16 bits per heavy atom. The van der Waals surface area contributed by atoms with Crippen LogP contribution in [-0.4, -0.2) is 41.0 Å². The summed E-state index contributed by atoms with van der Waals surface area (Å²) < 4.78 is 1.72. The van der Waals surface area contributed by atoms with Crippen LogP contribution >= 0.6 is 0 Å². The van der Waals surface area contributed by atoms with Gasteiger partial charge >= 0.3 is 0 Å². The zero-order valence-electron chi connectivity index (χ0n) is 17.0. The first-order chi connectivity index (χ1) is 15.6. The number of aromatic nitrogens is 6. The van der Waals surface area contributed by atoms with E-state index in [1.54, 1.807) is 35.3 Å². The van der Waals surface area contributed by atoms with Gasteiger partial charge in [0.1, 0.15) is 0 Å². The van der Waals surface area contributed by atoms with E-state index in [1.807, 2.05) is 30.3 Å². The number of hydrogen-bond acceptors (Lipinski definition) is 7. The summed E-state index contributed by atoms with van der Waals surface area (Å²) in [6.45, 7) is 0.234. The number of rotatable bonds is 9. The number of nitro benzene ring substituents is 1. The largest absolute Gasteiger partial charge is 0.345 e. The van der Waals surface area contributed by atoms with Crippen LogP contribution in [0.4, 0.5) is 5.69 Å². The van der Waals surface area contributed by atoms with Crippen molar-refractivity contribution in [3.63, 3.8) is 0 Å². The van der Waals surface area contributed by atoms with E-state index in [0.29, 0.717) is 23.5 Å². The molecule has 2 N–H and O–H groups in total. The predicted octanol–water partition coefficient (Wildman–Crippen LogP) is 2.00. The molecule has 2 aromatic heterocycles. The minimum absolute atomic E-state index is 0.0247. The molecule has 1 amide bonds. The van der Waals surface area contributed by atoms with Crippen molar-refractivity contribution in [3.05, 3.63) is 99.9 Å². The molecule has 0 bridgehead atoms. The first kappa shape index (κ1) is 20.8. The Bertz CT molecular complexity index is 1190. The summed E-state index contributed by atoms with van der Waals surface area (Å²) in [5.74, 6) is 0.135. The van der Waals surface area contributed by atoms with Gasteiger partial charge in [-0.25, -0.2) is 4.98 Å². The van der Waals surface area contributed by atoms with Crippen LogP contribution in [-0.2, 0) is 24.2 Å². The Morgan fingerprint density at radius 3 is 2.69 bits per heavy atom. The zero-order valence-corrected chi connectivity index (χ0v) is 17.0. The molecule has 32 heavy (non-hydrogen) atoms. The van der Waals surface area contributed by atoms with Gasteiger partial charge in [0.15, 0.2) is 5.82 Å². The van der Waals surface area contributed by atoms with Gasteiger partial charge in [0.2, 0.25) is 5.91 Å². The molecule has 4 rings (SSSR count). The van der Waals surface area contributed by atoms with Crippen LogP contribution in [0, 0.1) is 10.1 Å². The van der Waals surface area contributed by atoms with Crippen LogP contribution in [0.3, 0.4) is 0 Å². The molecule has 2 aromatic carbocycles. The molecule has 0 saturated heterocycles. The molecule has 11 nitrogen and oxygen atoms in total. The maximum Gasteiger partial charge on any atom is 0.274 e. The molecule has 11 heteroatoms. The smallest absolute Gasteiger partial charge is 0.274 e. The van der Waals surface area contributed by atoms with E-state index in [4.69, 9.17) is 0 Å². The van der Waals surface area contributed by atoms with Gasteiger partial charge in [-0.15, -0.1) is 10.2 Å². The fourth-order valence-electron chi connectivity index (χ4n) is 3.43. The number of carbonyl (C=O) groups is 1. The number of benzene rings is 2. The summed E-state index contributed by atoms with van der Waals surface area (Å²) in [5.41, 5.74) is 2.21. The minimum atomic E-state index is -0.463. The summed E-state index contributed by atoms with van der Waals surface area (Å²) in [7, 11) is 0. The lowest BCUT2D eigenvalue weighted by molar-refractivity contribution is -0.385. The molecular weight excluding hydrogens is 412 g/mol. The van der Waals surface area contributed by atoms with E-state index in [0.717, 1.165) is 5.56 Å². The molecule has 0 saturated carbocycles. The van der Waals surface area contributed by atoms with Gasteiger partial charge in [-0.05, 0) is 5.56 Å². The molecule has 0 fully saturated rings. The normalized spacial score (nSPS) is 11.8. The molecule has 4 aromatic rings. The van der Waals surface area contributed by atoms with Crippen molar-refractivity contribution in [2.45, 2.75) is 25.4 Å². The molecule has 2 heterocycles. The predicted molar refractivity (Wildman–Crippen MR) is 113 cm³/mol. The van der Waals surface area contributed by atoms with Crippen LogP contribution in [0.15, 0.2) is 67.1 Å². The molecule has 0 aliphatic heterocycles. The highest BCUT2D eigenvalue weighted by Gasteiger charge is 2.21. The number of amides is 1. The lowest BCUT2D eigenvalue weighted by Crippen LogP contribution is -2.32. The maximum atomic E-state index is 12.8.